The molecule has 0 fully saturated rings. The minimum atomic E-state index is 0.827. The van der Waals surface area contributed by atoms with E-state index in [1.165, 1.54) is 83.5 Å². The molecular formula is C18H33ClO. The van der Waals surface area contributed by atoms with Crippen molar-refractivity contribution in [3.05, 3.63) is 12.2 Å². The fourth-order valence-corrected chi connectivity index (χ4v) is 2.64. The molecule has 0 amide bonds. The molecule has 0 saturated carbocycles. The van der Waals surface area contributed by atoms with Gasteiger partial charge in [-0.15, -0.1) is 11.6 Å². The molecule has 0 radical (unpaired) electrons. The fourth-order valence-electron chi connectivity index (χ4n) is 2.45. The van der Waals surface area contributed by atoms with E-state index in [1.807, 2.05) is 6.08 Å². The lowest BCUT2D eigenvalue weighted by molar-refractivity contribution is -0.104. The van der Waals surface area contributed by atoms with Crippen LogP contribution in [0.2, 0.25) is 0 Å². The number of aldehydes is 1. The van der Waals surface area contributed by atoms with Gasteiger partial charge in [-0.25, -0.2) is 0 Å². The van der Waals surface area contributed by atoms with Crippen molar-refractivity contribution in [3.8, 4) is 0 Å². The molecule has 0 aromatic heterocycles. The SMILES string of the molecule is O=C/C=C/CCCCCCCCCCCCCCCCl. The largest absolute Gasteiger partial charge is 0.299 e. The van der Waals surface area contributed by atoms with Crippen molar-refractivity contribution in [1.82, 2.24) is 0 Å². The molecule has 0 atom stereocenters. The molecule has 0 heterocycles. The van der Waals surface area contributed by atoms with E-state index >= 15 is 0 Å². The Balaban J connectivity index is 2.95. The Bertz CT molecular complexity index is 213. The molecule has 118 valence electrons. The number of carbonyl (C=O) groups excluding carboxylic acids is 1. The summed E-state index contributed by atoms with van der Waals surface area (Å²) < 4.78 is 0. The van der Waals surface area contributed by atoms with E-state index in [2.05, 4.69) is 0 Å². The van der Waals surface area contributed by atoms with Gasteiger partial charge in [0.15, 0.2) is 0 Å². The zero-order chi connectivity index (χ0) is 14.7. The number of rotatable bonds is 16. The van der Waals surface area contributed by atoms with Crippen LogP contribution in [0, 0.1) is 0 Å². The van der Waals surface area contributed by atoms with Crippen LogP contribution in [0.15, 0.2) is 12.2 Å². The predicted octanol–water partition coefficient (Wildman–Crippen LogP) is 6.44. The molecule has 0 spiro atoms. The van der Waals surface area contributed by atoms with Crippen LogP contribution >= 0.6 is 11.6 Å². The molecule has 0 aliphatic rings. The van der Waals surface area contributed by atoms with Gasteiger partial charge in [0.25, 0.3) is 0 Å². The normalized spacial score (nSPS) is 11.2. The van der Waals surface area contributed by atoms with Crippen molar-refractivity contribution in [2.24, 2.45) is 0 Å². The molecule has 1 nitrogen and oxygen atoms in total. The third-order valence-electron chi connectivity index (χ3n) is 3.72. The molecule has 0 unspecified atom stereocenters. The molecule has 0 saturated heterocycles. The van der Waals surface area contributed by atoms with Crippen LogP contribution in [-0.4, -0.2) is 12.2 Å². The summed E-state index contributed by atoms with van der Waals surface area (Å²) >= 11 is 5.65. The van der Waals surface area contributed by atoms with Crippen molar-refractivity contribution in [2.75, 3.05) is 5.88 Å². The first-order valence-electron chi connectivity index (χ1n) is 8.58. The maximum absolute atomic E-state index is 10.1. The summed E-state index contributed by atoms with van der Waals surface area (Å²) in [6.07, 6.45) is 23.1. The Morgan fingerprint density at radius 2 is 1.00 bits per heavy atom. The van der Waals surface area contributed by atoms with Gasteiger partial charge in [-0.1, -0.05) is 76.7 Å². The third-order valence-corrected chi connectivity index (χ3v) is 3.99. The summed E-state index contributed by atoms with van der Waals surface area (Å²) in [6.45, 7) is 0. The third kappa shape index (κ3) is 17.7. The zero-order valence-corrected chi connectivity index (χ0v) is 13.9. The Morgan fingerprint density at radius 1 is 0.600 bits per heavy atom. The summed E-state index contributed by atoms with van der Waals surface area (Å²) in [5.74, 6) is 0.827. The second-order valence-corrected chi connectivity index (χ2v) is 6.02. The highest BCUT2D eigenvalue weighted by Gasteiger charge is 1.93. The van der Waals surface area contributed by atoms with Crippen LogP contribution < -0.4 is 0 Å². The van der Waals surface area contributed by atoms with Gasteiger partial charge in [0.2, 0.25) is 0 Å². The molecule has 0 N–H and O–H groups in total. The summed E-state index contributed by atoms with van der Waals surface area (Å²) in [5.41, 5.74) is 0. The molecular weight excluding hydrogens is 268 g/mol. The molecule has 2 heteroatoms. The summed E-state index contributed by atoms with van der Waals surface area (Å²) in [5, 5.41) is 0. The van der Waals surface area contributed by atoms with Gasteiger partial charge in [0.05, 0.1) is 0 Å². The minimum absolute atomic E-state index is 0.827. The first-order chi connectivity index (χ1) is 9.91. The highest BCUT2D eigenvalue weighted by atomic mass is 35.5. The second-order valence-electron chi connectivity index (χ2n) is 5.64. The highest BCUT2D eigenvalue weighted by Crippen LogP contribution is 2.13. The van der Waals surface area contributed by atoms with Crippen molar-refractivity contribution >= 4 is 17.9 Å². The molecule has 0 aliphatic carbocycles. The number of allylic oxidation sites excluding steroid dienone is 2. The number of unbranched alkanes of at least 4 members (excludes halogenated alkanes) is 13. The van der Waals surface area contributed by atoms with E-state index in [0.717, 1.165) is 18.6 Å². The van der Waals surface area contributed by atoms with Crippen LogP contribution in [0.3, 0.4) is 0 Å². The van der Waals surface area contributed by atoms with E-state index in [9.17, 15) is 4.79 Å². The lowest BCUT2D eigenvalue weighted by Gasteiger charge is -2.02. The maximum Gasteiger partial charge on any atom is 0.142 e. The first-order valence-corrected chi connectivity index (χ1v) is 9.11. The predicted molar refractivity (Wildman–Crippen MR) is 90.6 cm³/mol. The van der Waals surface area contributed by atoms with Gasteiger partial charge < -0.3 is 0 Å². The van der Waals surface area contributed by atoms with Crippen LogP contribution in [0.4, 0.5) is 0 Å². The quantitative estimate of drug-likeness (QED) is 0.139. The number of halogens is 1. The van der Waals surface area contributed by atoms with Gasteiger partial charge in [-0.2, -0.15) is 0 Å². The second kappa shape index (κ2) is 18.7. The van der Waals surface area contributed by atoms with Gasteiger partial charge in [-0.05, 0) is 25.3 Å². The summed E-state index contributed by atoms with van der Waals surface area (Å²) in [4.78, 5) is 10.1. The highest BCUT2D eigenvalue weighted by molar-refractivity contribution is 6.17. The number of carbonyl (C=O) groups is 1. The van der Waals surface area contributed by atoms with E-state index in [4.69, 9.17) is 11.6 Å². The average Bonchev–Trinajstić information content (AvgIpc) is 2.47. The molecule has 0 aliphatic heterocycles. The number of alkyl halides is 1. The van der Waals surface area contributed by atoms with E-state index < -0.39 is 0 Å². The van der Waals surface area contributed by atoms with Crippen molar-refractivity contribution in [1.29, 1.82) is 0 Å². The molecule has 0 aromatic carbocycles. The van der Waals surface area contributed by atoms with Gasteiger partial charge in [0.1, 0.15) is 6.29 Å². The Hall–Kier alpha value is -0.300. The van der Waals surface area contributed by atoms with Gasteiger partial charge in [0, 0.05) is 5.88 Å². The average molecular weight is 301 g/mol. The standard InChI is InChI=1S/C18H33ClO/c19-17-15-13-11-9-7-5-3-1-2-4-6-8-10-12-14-16-18-20/h14,16,18H,1-13,15,17H2/b16-14+. The maximum atomic E-state index is 10.1. The topological polar surface area (TPSA) is 17.1 Å². The van der Waals surface area contributed by atoms with Crippen molar-refractivity contribution in [3.63, 3.8) is 0 Å². The molecule has 20 heavy (non-hydrogen) atoms. The minimum Gasteiger partial charge on any atom is -0.299 e. The van der Waals surface area contributed by atoms with Crippen molar-refractivity contribution in [2.45, 2.75) is 89.9 Å². The lowest BCUT2D eigenvalue weighted by Crippen LogP contribution is -1.83. The first kappa shape index (κ1) is 19.7. The Morgan fingerprint density at radius 3 is 1.40 bits per heavy atom. The van der Waals surface area contributed by atoms with Crippen LogP contribution in [0.5, 0.6) is 0 Å². The molecule has 0 bridgehead atoms. The summed E-state index contributed by atoms with van der Waals surface area (Å²) in [6, 6.07) is 0. The van der Waals surface area contributed by atoms with Gasteiger partial charge >= 0.3 is 0 Å². The van der Waals surface area contributed by atoms with E-state index in [1.54, 1.807) is 6.08 Å². The lowest BCUT2D eigenvalue weighted by atomic mass is 10.0. The molecule has 0 aromatic rings. The number of hydrogen-bond donors (Lipinski definition) is 0. The molecule has 0 rings (SSSR count). The van der Waals surface area contributed by atoms with Crippen LogP contribution in [0.25, 0.3) is 0 Å². The van der Waals surface area contributed by atoms with E-state index in [-0.39, 0.29) is 0 Å². The Labute approximate surface area is 131 Å². The Kier molecular flexibility index (Phi) is 18.4. The van der Waals surface area contributed by atoms with E-state index in [0.29, 0.717) is 0 Å². The monoisotopic (exact) mass is 300 g/mol. The smallest absolute Gasteiger partial charge is 0.142 e. The van der Waals surface area contributed by atoms with Gasteiger partial charge in [-0.3, -0.25) is 4.79 Å². The van der Waals surface area contributed by atoms with Crippen LogP contribution in [0.1, 0.15) is 89.9 Å². The van der Waals surface area contributed by atoms with Crippen LogP contribution in [-0.2, 0) is 4.79 Å². The zero-order valence-electron chi connectivity index (χ0n) is 13.1. The fraction of sp³-hybridized carbons (Fsp3) is 0.833. The number of hydrogen-bond acceptors (Lipinski definition) is 1. The summed E-state index contributed by atoms with van der Waals surface area (Å²) in [7, 11) is 0. The van der Waals surface area contributed by atoms with Crippen molar-refractivity contribution < 1.29 is 4.79 Å².